The summed E-state index contributed by atoms with van der Waals surface area (Å²) in [4.78, 5) is 1.46. The van der Waals surface area contributed by atoms with E-state index in [1.54, 1.807) is 18.5 Å². The molecular formula is C29H20ClF3N12O. The van der Waals surface area contributed by atoms with Crippen molar-refractivity contribution >= 4 is 11.6 Å². The first-order chi connectivity index (χ1) is 22.4. The monoisotopic (exact) mass is 644 g/mol. The van der Waals surface area contributed by atoms with Gasteiger partial charge in [-0.05, 0) is 46.8 Å². The zero-order valence-corrected chi connectivity index (χ0v) is 24.1. The summed E-state index contributed by atoms with van der Waals surface area (Å²) in [5.74, 6) is -0.760. The first kappa shape index (κ1) is 28.8. The van der Waals surface area contributed by atoms with Crippen LogP contribution in [0.25, 0.3) is 33.8 Å². The summed E-state index contributed by atoms with van der Waals surface area (Å²) in [5, 5.41) is 41.7. The van der Waals surface area contributed by atoms with E-state index < -0.39 is 18.4 Å². The fourth-order valence-corrected chi connectivity index (χ4v) is 5.28. The summed E-state index contributed by atoms with van der Waals surface area (Å²) in [6, 6.07) is 15.9. The van der Waals surface area contributed by atoms with E-state index in [0.29, 0.717) is 20.7 Å². The van der Waals surface area contributed by atoms with Crippen molar-refractivity contribution in [3.05, 3.63) is 125 Å². The zero-order chi connectivity index (χ0) is 31.8. The summed E-state index contributed by atoms with van der Waals surface area (Å²) in [7, 11) is 0. The van der Waals surface area contributed by atoms with Crippen LogP contribution in [0.15, 0.2) is 98.0 Å². The molecule has 0 aliphatic rings. The maximum absolute atomic E-state index is 15.4. The van der Waals surface area contributed by atoms with Gasteiger partial charge in [0.2, 0.25) is 5.69 Å². The second-order valence-corrected chi connectivity index (χ2v) is 10.4. The maximum atomic E-state index is 15.4. The molecule has 0 bridgehead atoms. The van der Waals surface area contributed by atoms with Crippen molar-refractivity contribution < 1.29 is 17.9 Å². The Bertz CT molecular complexity index is 2130. The number of hydrogen-bond donors (Lipinski definition) is 0. The van der Waals surface area contributed by atoms with Gasteiger partial charge in [0, 0.05) is 30.4 Å². The van der Waals surface area contributed by atoms with E-state index in [-0.39, 0.29) is 39.6 Å². The molecule has 0 aliphatic heterocycles. The Hall–Kier alpha value is -5.90. The lowest BCUT2D eigenvalue weighted by Crippen LogP contribution is -2.36. The number of pyridine rings is 1. The Morgan fingerprint density at radius 1 is 0.935 bits per heavy atom. The van der Waals surface area contributed by atoms with Gasteiger partial charge in [-0.2, -0.15) is 43.4 Å². The summed E-state index contributed by atoms with van der Waals surface area (Å²) in [6.07, 6.45) is 8.43. The number of rotatable bonds is 9. The largest absolute Gasteiger partial charge is 0.618 e. The van der Waals surface area contributed by atoms with Gasteiger partial charge in [0.25, 0.3) is 0 Å². The van der Waals surface area contributed by atoms with Gasteiger partial charge in [0.1, 0.15) is 12.4 Å². The molecule has 0 amide bonds. The average molecular weight is 645 g/mol. The Balaban J connectivity index is 1.30. The number of para-hydroxylation sites is 1. The van der Waals surface area contributed by atoms with Gasteiger partial charge >= 0.3 is 6.55 Å². The third-order valence-corrected chi connectivity index (χ3v) is 7.54. The molecule has 17 heteroatoms. The van der Waals surface area contributed by atoms with Crippen LogP contribution in [0.1, 0.15) is 24.0 Å². The van der Waals surface area contributed by atoms with E-state index in [0.717, 1.165) is 5.69 Å². The molecule has 13 nitrogen and oxygen atoms in total. The minimum absolute atomic E-state index is 0.0138. The number of halogens is 4. The van der Waals surface area contributed by atoms with E-state index in [1.165, 1.54) is 63.3 Å². The molecule has 7 aromatic rings. The molecule has 2 aromatic carbocycles. The molecule has 46 heavy (non-hydrogen) atoms. The number of aromatic nitrogens is 12. The average Bonchev–Trinajstić information content (AvgIpc) is 3.89. The normalized spacial score (nSPS) is 12.2. The molecule has 0 fully saturated rings. The highest BCUT2D eigenvalue weighted by Crippen LogP contribution is 2.34. The zero-order valence-electron chi connectivity index (χ0n) is 23.4. The van der Waals surface area contributed by atoms with E-state index in [9.17, 15) is 14.0 Å². The van der Waals surface area contributed by atoms with Gasteiger partial charge in [-0.25, -0.2) is 9.07 Å². The smallest absolute Gasteiger partial charge is 0.333 e. The third kappa shape index (κ3) is 5.34. The number of alkyl halides is 2. The van der Waals surface area contributed by atoms with Crippen LogP contribution in [0.4, 0.5) is 13.2 Å². The van der Waals surface area contributed by atoms with Gasteiger partial charge in [0.05, 0.1) is 51.3 Å². The van der Waals surface area contributed by atoms with Crippen LogP contribution in [0.2, 0.25) is 5.02 Å². The second kappa shape index (κ2) is 11.9. The molecule has 0 saturated carbocycles. The Kier molecular flexibility index (Phi) is 7.45. The summed E-state index contributed by atoms with van der Waals surface area (Å²) < 4.78 is 46.5. The lowest BCUT2D eigenvalue weighted by atomic mass is 10.0. The molecule has 5 heterocycles. The molecule has 0 saturated heterocycles. The van der Waals surface area contributed by atoms with E-state index in [4.69, 9.17) is 11.6 Å². The third-order valence-electron chi connectivity index (χ3n) is 7.24. The van der Waals surface area contributed by atoms with Crippen molar-refractivity contribution in [1.82, 2.24) is 54.8 Å². The first-order valence-electron chi connectivity index (χ1n) is 13.6. The van der Waals surface area contributed by atoms with Gasteiger partial charge in [-0.3, -0.25) is 4.68 Å². The number of tetrazole rings is 1. The molecule has 5 aromatic heterocycles. The Labute approximate surface area is 262 Å². The van der Waals surface area contributed by atoms with Gasteiger partial charge in [-0.15, -0.1) is 5.10 Å². The van der Waals surface area contributed by atoms with Crippen LogP contribution in [-0.2, 0) is 6.42 Å². The summed E-state index contributed by atoms with van der Waals surface area (Å²) in [5.41, 5.74) is 2.46. The van der Waals surface area contributed by atoms with Crippen LogP contribution in [0.5, 0.6) is 0 Å². The Morgan fingerprint density at radius 3 is 2.54 bits per heavy atom. The number of nitrogens with zero attached hydrogens (tertiary/aromatic N) is 12. The highest BCUT2D eigenvalue weighted by molar-refractivity contribution is 6.31. The van der Waals surface area contributed by atoms with Crippen LogP contribution < -0.4 is 4.73 Å². The molecule has 0 radical (unpaired) electrons. The number of benzene rings is 2. The molecule has 0 N–H and O–H groups in total. The summed E-state index contributed by atoms with van der Waals surface area (Å²) >= 11 is 6.11. The van der Waals surface area contributed by atoms with Crippen molar-refractivity contribution in [2.45, 2.75) is 19.0 Å². The van der Waals surface area contributed by atoms with E-state index in [2.05, 4.69) is 35.9 Å². The minimum atomic E-state index is -2.86. The van der Waals surface area contributed by atoms with Gasteiger partial charge < -0.3 is 5.21 Å². The van der Waals surface area contributed by atoms with Crippen LogP contribution in [0, 0.1) is 11.0 Å². The van der Waals surface area contributed by atoms with E-state index >= 15 is 4.39 Å². The molecule has 1 atom stereocenters. The maximum Gasteiger partial charge on any atom is 0.333 e. The van der Waals surface area contributed by atoms with Crippen molar-refractivity contribution in [3.8, 4) is 33.8 Å². The SMILES string of the molecule is [O-][n+]1cc(-c2c(-n3cnnn3)ccc(Cl)c2F)ccc1C(Cc1cnn(-c2ccccc2)n1)n1cc(-c2ccnn2C(F)F)cn1. The summed E-state index contributed by atoms with van der Waals surface area (Å²) in [6.45, 7) is -2.86. The van der Waals surface area contributed by atoms with Crippen LogP contribution >= 0.6 is 11.6 Å². The molecule has 0 aliphatic carbocycles. The standard InChI is InChI=1S/C29H20ClF3N12O/c30-22-7-9-25(42-17-34-39-40-42)27(28(22)31)18-6-8-24(43(46)16-18)26(12-20-14-37-45(38-20)21-4-2-1-3-5-21)41-15-19(13-36-41)23-10-11-35-44(23)29(32)33/h1-11,13-17,26,29H,12H2. The van der Waals surface area contributed by atoms with Crippen molar-refractivity contribution in [2.24, 2.45) is 0 Å². The fourth-order valence-electron chi connectivity index (χ4n) is 5.12. The minimum Gasteiger partial charge on any atom is -0.618 e. The lowest BCUT2D eigenvalue weighted by Gasteiger charge is -2.17. The molecule has 230 valence electrons. The molecule has 1 unspecified atom stereocenters. The predicted octanol–water partition coefficient (Wildman–Crippen LogP) is 4.62. The predicted molar refractivity (Wildman–Crippen MR) is 156 cm³/mol. The molecule has 0 spiro atoms. The lowest BCUT2D eigenvalue weighted by molar-refractivity contribution is -0.615. The second-order valence-electron chi connectivity index (χ2n) is 10.0. The van der Waals surface area contributed by atoms with Crippen LogP contribution in [0.3, 0.4) is 0 Å². The first-order valence-corrected chi connectivity index (χ1v) is 14.0. The van der Waals surface area contributed by atoms with Crippen LogP contribution in [-0.4, -0.2) is 54.8 Å². The topological polar surface area (TPSA) is 137 Å². The van der Waals surface area contributed by atoms with Crippen molar-refractivity contribution in [3.63, 3.8) is 0 Å². The molecular weight excluding hydrogens is 625 g/mol. The highest BCUT2D eigenvalue weighted by Gasteiger charge is 2.28. The molecule has 7 rings (SSSR count). The quantitative estimate of drug-likeness (QED) is 0.164. The van der Waals surface area contributed by atoms with Crippen molar-refractivity contribution in [2.75, 3.05) is 0 Å². The van der Waals surface area contributed by atoms with Gasteiger partial charge in [0.15, 0.2) is 12.0 Å². The fraction of sp³-hybridized carbons (Fsp3) is 0.103. The number of hydrogen-bond acceptors (Lipinski definition) is 8. The van der Waals surface area contributed by atoms with Gasteiger partial charge in [-0.1, -0.05) is 29.8 Å². The highest BCUT2D eigenvalue weighted by atomic mass is 35.5. The Morgan fingerprint density at radius 2 is 1.78 bits per heavy atom. The van der Waals surface area contributed by atoms with Crippen molar-refractivity contribution in [1.29, 1.82) is 0 Å². The van der Waals surface area contributed by atoms with E-state index in [1.807, 2.05) is 30.3 Å².